The van der Waals surface area contributed by atoms with Gasteiger partial charge in [0, 0.05) is 37.9 Å². The van der Waals surface area contributed by atoms with Crippen LogP contribution in [0.15, 0.2) is 36.5 Å². The molecule has 0 spiro atoms. The van der Waals surface area contributed by atoms with Crippen molar-refractivity contribution in [2.45, 2.75) is 6.42 Å². The first-order valence-electron chi connectivity index (χ1n) is 9.34. The lowest BCUT2D eigenvalue weighted by atomic mass is 10.1. The number of Topliss-reactive ketones (excluding diaryl/α,β-unsaturated/α-hetero) is 1. The zero-order chi connectivity index (χ0) is 20.8. The first-order valence-corrected chi connectivity index (χ1v) is 9.34. The van der Waals surface area contributed by atoms with Gasteiger partial charge in [0.1, 0.15) is 5.82 Å². The van der Waals surface area contributed by atoms with Crippen LogP contribution in [0.4, 0.5) is 5.82 Å². The predicted molar refractivity (Wildman–Crippen MR) is 108 cm³/mol. The molecule has 0 saturated carbocycles. The second kappa shape index (κ2) is 9.27. The fourth-order valence-electron chi connectivity index (χ4n) is 3.32. The van der Waals surface area contributed by atoms with Gasteiger partial charge in [0.05, 0.1) is 27.8 Å². The van der Waals surface area contributed by atoms with Gasteiger partial charge < -0.3 is 24.0 Å². The third-order valence-electron chi connectivity index (χ3n) is 4.90. The van der Waals surface area contributed by atoms with Crippen molar-refractivity contribution >= 4 is 17.5 Å². The van der Waals surface area contributed by atoms with E-state index in [0.717, 1.165) is 5.82 Å². The van der Waals surface area contributed by atoms with E-state index in [9.17, 15) is 9.59 Å². The summed E-state index contributed by atoms with van der Waals surface area (Å²) in [6, 6.07) is 8.89. The van der Waals surface area contributed by atoms with Crippen LogP contribution in [-0.2, 0) is 4.79 Å². The Hall–Kier alpha value is -3.29. The molecule has 1 aromatic heterocycles. The minimum absolute atomic E-state index is 0.190. The summed E-state index contributed by atoms with van der Waals surface area (Å²) in [5.41, 5.74) is 0.347. The average molecular weight is 399 g/mol. The molecule has 1 aliphatic heterocycles. The molecule has 2 aromatic rings. The van der Waals surface area contributed by atoms with Crippen molar-refractivity contribution in [1.82, 2.24) is 9.88 Å². The number of rotatable bonds is 7. The first-order chi connectivity index (χ1) is 14.1. The maximum absolute atomic E-state index is 12.7. The number of pyridine rings is 1. The molecule has 0 N–H and O–H groups in total. The molecule has 0 unspecified atom stereocenters. The number of carbonyl (C=O) groups is 2. The number of methoxy groups -OCH3 is 3. The van der Waals surface area contributed by atoms with E-state index in [1.54, 1.807) is 23.2 Å². The molecule has 0 bridgehead atoms. The van der Waals surface area contributed by atoms with Gasteiger partial charge in [-0.25, -0.2) is 4.98 Å². The molecular formula is C21H25N3O5. The molecule has 1 saturated heterocycles. The standard InChI is InChI=1S/C21H25N3O5/c1-27-17-12-15(13-18(28-2)21(17)29-3)16(25)14-20(26)24-10-8-23(9-11-24)19-6-4-5-7-22-19/h4-7,12-13H,8-11,14H2,1-3H3. The van der Waals surface area contributed by atoms with Crippen LogP contribution in [0.3, 0.4) is 0 Å². The van der Waals surface area contributed by atoms with Crippen molar-refractivity contribution in [3.05, 3.63) is 42.1 Å². The fraction of sp³-hybridized carbons (Fsp3) is 0.381. The molecule has 0 aliphatic carbocycles. The van der Waals surface area contributed by atoms with Crippen LogP contribution in [0.2, 0.25) is 0 Å². The summed E-state index contributed by atoms with van der Waals surface area (Å²) in [6.45, 7) is 2.47. The summed E-state index contributed by atoms with van der Waals surface area (Å²) in [4.78, 5) is 33.5. The van der Waals surface area contributed by atoms with Gasteiger partial charge in [-0.15, -0.1) is 0 Å². The maximum Gasteiger partial charge on any atom is 0.230 e. The van der Waals surface area contributed by atoms with Crippen LogP contribution in [0, 0.1) is 0 Å². The third kappa shape index (κ3) is 4.59. The molecule has 154 valence electrons. The van der Waals surface area contributed by atoms with Crippen LogP contribution >= 0.6 is 0 Å². The van der Waals surface area contributed by atoms with Crippen molar-refractivity contribution in [1.29, 1.82) is 0 Å². The number of piperazine rings is 1. The Bertz CT molecular complexity index is 839. The Morgan fingerprint density at radius 3 is 2.14 bits per heavy atom. The molecule has 0 atom stereocenters. The molecule has 3 rings (SSSR count). The molecule has 0 radical (unpaired) electrons. The summed E-state index contributed by atoms with van der Waals surface area (Å²) < 4.78 is 15.8. The number of carbonyl (C=O) groups excluding carboxylic acids is 2. The zero-order valence-corrected chi connectivity index (χ0v) is 16.9. The lowest BCUT2D eigenvalue weighted by molar-refractivity contribution is -0.130. The van der Waals surface area contributed by atoms with E-state index in [1.807, 2.05) is 18.2 Å². The van der Waals surface area contributed by atoms with E-state index >= 15 is 0 Å². The minimum Gasteiger partial charge on any atom is -0.493 e. The predicted octanol–water partition coefficient (Wildman–Crippen LogP) is 2.03. The van der Waals surface area contributed by atoms with Crippen LogP contribution < -0.4 is 19.1 Å². The Kier molecular flexibility index (Phi) is 6.54. The van der Waals surface area contributed by atoms with Gasteiger partial charge in [0.2, 0.25) is 11.7 Å². The molecule has 8 nitrogen and oxygen atoms in total. The summed E-state index contributed by atoms with van der Waals surface area (Å²) >= 11 is 0. The number of hydrogen-bond donors (Lipinski definition) is 0. The third-order valence-corrected chi connectivity index (χ3v) is 4.90. The molecule has 1 aromatic carbocycles. The molecule has 29 heavy (non-hydrogen) atoms. The van der Waals surface area contributed by atoms with Crippen LogP contribution in [0.25, 0.3) is 0 Å². The zero-order valence-electron chi connectivity index (χ0n) is 16.9. The van der Waals surface area contributed by atoms with Gasteiger partial charge in [0.25, 0.3) is 0 Å². The summed E-state index contributed by atoms with van der Waals surface area (Å²) in [5.74, 6) is 1.58. The first kappa shape index (κ1) is 20.4. The number of anilines is 1. The molecule has 8 heteroatoms. The number of ether oxygens (including phenoxy) is 3. The number of ketones is 1. The van der Waals surface area contributed by atoms with Crippen molar-refractivity contribution in [2.24, 2.45) is 0 Å². The number of benzene rings is 1. The van der Waals surface area contributed by atoms with Crippen LogP contribution in [-0.4, -0.2) is 69.1 Å². The quantitative estimate of drug-likeness (QED) is 0.520. The number of nitrogens with zero attached hydrogens (tertiary/aromatic N) is 3. The van der Waals surface area contributed by atoms with Crippen molar-refractivity contribution in [3.8, 4) is 17.2 Å². The summed E-state index contributed by atoms with van der Waals surface area (Å²) in [6.07, 6.45) is 1.55. The average Bonchev–Trinajstić information content (AvgIpc) is 2.78. The fourth-order valence-corrected chi connectivity index (χ4v) is 3.32. The maximum atomic E-state index is 12.7. The normalized spacial score (nSPS) is 13.8. The van der Waals surface area contributed by atoms with Crippen molar-refractivity contribution in [3.63, 3.8) is 0 Å². The second-order valence-electron chi connectivity index (χ2n) is 6.57. The molecule has 2 heterocycles. The monoisotopic (exact) mass is 399 g/mol. The van der Waals surface area contributed by atoms with E-state index in [0.29, 0.717) is 49.0 Å². The van der Waals surface area contributed by atoms with Crippen molar-refractivity contribution < 1.29 is 23.8 Å². The second-order valence-corrected chi connectivity index (χ2v) is 6.57. The van der Waals surface area contributed by atoms with Gasteiger partial charge in [-0.05, 0) is 24.3 Å². The lowest BCUT2D eigenvalue weighted by Gasteiger charge is -2.35. The van der Waals surface area contributed by atoms with Gasteiger partial charge in [-0.1, -0.05) is 6.07 Å². The summed E-state index contributed by atoms with van der Waals surface area (Å²) in [5, 5.41) is 0. The largest absolute Gasteiger partial charge is 0.493 e. The van der Waals surface area contributed by atoms with E-state index in [2.05, 4.69) is 9.88 Å². The molecule has 1 aliphatic rings. The Balaban J connectivity index is 1.63. The van der Waals surface area contributed by atoms with Crippen molar-refractivity contribution in [2.75, 3.05) is 52.4 Å². The smallest absolute Gasteiger partial charge is 0.230 e. The Labute approximate surface area is 170 Å². The Morgan fingerprint density at radius 2 is 1.62 bits per heavy atom. The highest BCUT2D eigenvalue weighted by Gasteiger charge is 2.25. The Morgan fingerprint density at radius 1 is 0.966 bits per heavy atom. The number of aromatic nitrogens is 1. The van der Waals surface area contributed by atoms with Gasteiger partial charge in [-0.2, -0.15) is 0 Å². The molecule has 1 amide bonds. The van der Waals surface area contributed by atoms with Gasteiger partial charge >= 0.3 is 0 Å². The summed E-state index contributed by atoms with van der Waals surface area (Å²) in [7, 11) is 4.46. The van der Waals surface area contributed by atoms with E-state index in [4.69, 9.17) is 14.2 Å². The minimum atomic E-state index is -0.290. The van der Waals surface area contributed by atoms with E-state index < -0.39 is 0 Å². The highest BCUT2D eigenvalue weighted by atomic mass is 16.5. The highest BCUT2D eigenvalue weighted by Crippen LogP contribution is 2.38. The highest BCUT2D eigenvalue weighted by molar-refractivity contribution is 6.08. The SMILES string of the molecule is COc1cc(C(=O)CC(=O)N2CCN(c3ccccn3)CC2)cc(OC)c1OC. The van der Waals surface area contributed by atoms with Gasteiger partial charge in [0.15, 0.2) is 17.3 Å². The van der Waals surface area contributed by atoms with Crippen LogP contribution in [0.5, 0.6) is 17.2 Å². The van der Waals surface area contributed by atoms with E-state index in [1.165, 1.54) is 21.3 Å². The molecule has 1 fully saturated rings. The molecular weight excluding hydrogens is 374 g/mol. The topological polar surface area (TPSA) is 81.2 Å². The van der Waals surface area contributed by atoms with Crippen LogP contribution in [0.1, 0.15) is 16.8 Å². The lowest BCUT2D eigenvalue weighted by Crippen LogP contribution is -2.49. The number of amides is 1. The van der Waals surface area contributed by atoms with E-state index in [-0.39, 0.29) is 18.1 Å². The number of hydrogen-bond acceptors (Lipinski definition) is 7. The van der Waals surface area contributed by atoms with Gasteiger partial charge in [-0.3, -0.25) is 9.59 Å².